The van der Waals surface area contributed by atoms with Gasteiger partial charge in [-0.25, -0.2) is 15.0 Å². The van der Waals surface area contributed by atoms with Crippen LogP contribution in [0.2, 0.25) is 0 Å². The van der Waals surface area contributed by atoms with Gasteiger partial charge in [0.2, 0.25) is 5.91 Å². The molecular weight excluding hydrogens is 406 g/mol. The van der Waals surface area contributed by atoms with Crippen molar-refractivity contribution in [1.29, 1.82) is 0 Å². The molecule has 29 heavy (non-hydrogen) atoms. The predicted molar refractivity (Wildman–Crippen MR) is 113 cm³/mol. The highest BCUT2D eigenvalue weighted by atomic mass is 32.2. The van der Waals surface area contributed by atoms with Crippen LogP contribution in [0.4, 0.5) is 5.13 Å². The van der Waals surface area contributed by atoms with Crippen LogP contribution >= 0.6 is 23.1 Å². The fourth-order valence-corrected chi connectivity index (χ4v) is 4.11. The Labute approximate surface area is 173 Å². The maximum absolute atomic E-state index is 12.3. The van der Waals surface area contributed by atoms with Gasteiger partial charge in [-0.15, -0.1) is 16.4 Å². The molecule has 0 saturated heterocycles. The van der Waals surface area contributed by atoms with E-state index in [0.717, 1.165) is 16.5 Å². The number of pyridine rings is 1. The summed E-state index contributed by atoms with van der Waals surface area (Å²) in [7, 11) is 0. The minimum absolute atomic E-state index is 0.150. The Kier molecular flexibility index (Phi) is 4.62. The summed E-state index contributed by atoms with van der Waals surface area (Å²) in [6, 6.07) is 11.5. The molecule has 1 N–H and O–H groups in total. The fourth-order valence-electron chi connectivity index (χ4n) is 2.82. The van der Waals surface area contributed by atoms with Crippen molar-refractivity contribution in [2.45, 2.75) is 5.16 Å². The van der Waals surface area contributed by atoms with Crippen molar-refractivity contribution in [1.82, 2.24) is 29.5 Å². The third-order valence-electron chi connectivity index (χ3n) is 4.10. The summed E-state index contributed by atoms with van der Waals surface area (Å²) in [5.41, 5.74) is 2.37. The number of amides is 1. The second-order valence-electron chi connectivity index (χ2n) is 5.99. The Morgan fingerprint density at radius 3 is 2.79 bits per heavy atom. The molecule has 8 nitrogen and oxygen atoms in total. The molecule has 0 aliphatic carbocycles. The van der Waals surface area contributed by atoms with Gasteiger partial charge in [-0.2, -0.15) is 4.52 Å². The van der Waals surface area contributed by atoms with E-state index in [0.29, 0.717) is 21.8 Å². The summed E-state index contributed by atoms with van der Waals surface area (Å²) in [6.07, 6.45) is 5.06. The van der Waals surface area contributed by atoms with E-state index in [9.17, 15) is 4.79 Å². The van der Waals surface area contributed by atoms with E-state index >= 15 is 0 Å². The number of nitrogens with one attached hydrogen (secondary N) is 1. The third kappa shape index (κ3) is 3.55. The first-order valence-corrected chi connectivity index (χ1v) is 10.5. The first kappa shape index (κ1) is 17.7. The van der Waals surface area contributed by atoms with Gasteiger partial charge in [-0.1, -0.05) is 23.9 Å². The molecule has 0 atom stereocenters. The lowest BCUT2D eigenvalue weighted by Gasteiger charge is -2.06. The van der Waals surface area contributed by atoms with Gasteiger partial charge in [0, 0.05) is 34.9 Å². The first-order chi connectivity index (χ1) is 14.3. The zero-order valence-corrected chi connectivity index (χ0v) is 16.5. The van der Waals surface area contributed by atoms with Crippen LogP contribution in [0.5, 0.6) is 0 Å². The minimum Gasteiger partial charge on any atom is -0.301 e. The number of rotatable bonds is 5. The molecule has 5 aromatic rings. The summed E-state index contributed by atoms with van der Waals surface area (Å²) in [4.78, 5) is 29.8. The van der Waals surface area contributed by atoms with E-state index in [1.807, 2.05) is 41.8 Å². The molecule has 10 heteroatoms. The van der Waals surface area contributed by atoms with Gasteiger partial charge in [0.1, 0.15) is 0 Å². The Hall–Kier alpha value is -3.37. The SMILES string of the molecule is O=C(CSc1nc2ccccc2c2nc(-c3ccncc3)nn12)Nc1nccs1. The fraction of sp³-hybridized carbons (Fsp3) is 0.0526. The molecule has 4 aromatic heterocycles. The van der Waals surface area contributed by atoms with Crippen molar-refractivity contribution in [2.24, 2.45) is 0 Å². The molecule has 0 spiro atoms. The Morgan fingerprint density at radius 2 is 1.97 bits per heavy atom. The number of thioether (sulfide) groups is 1. The summed E-state index contributed by atoms with van der Waals surface area (Å²) in [5, 5.41) is 11.3. The second-order valence-corrected chi connectivity index (χ2v) is 7.83. The molecule has 0 aliphatic rings. The first-order valence-electron chi connectivity index (χ1n) is 8.66. The van der Waals surface area contributed by atoms with Gasteiger partial charge in [-0.3, -0.25) is 9.78 Å². The molecule has 1 aromatic carbocycles. The molecule has 0 fully saturated rings. The molecule has 0 radical (unpaired) electrons. The third-order valence-corrected chi connectivity index (χ3v) is 5.72. The number of carbonyl (C=O) groups excluding carboxylic acids is 1. The zero-order valence-electron chi connectivity index (χ0n) is 14.9. The summed E-state index contributed by atoms with van der Waals surface area (Å²) >= 11 is 2.68. The molecule has 1 amide bonds. The van der Waals surface area contributed by atoms with Gasteiger partial charge in [-0.05, 0) is 24.3 Å². The highest BCUT2D eigenvalue weighted by Crippen LogP contribution is 2.26. The number of para-hydroxylation sites is 1. The minimum atomic E-state index is -0.150. The number of anilines is 1. The lowest BCUT2D eigenvalue weighted by Crippen LogP contribution is -2.14. The molecule has 5 rings (SSSR count). The summed E-state index contributed by atoms with van der Waals surface area (Å²) in [5.74, 6) is 0.618. The number of fused-ring (bicyclic) bond motifs is 3. The van der Waals surface area contributed by atoms with E-state index in [1.54, 1.807) is 23.1 Å². The van der Waals surface area contributed by atoms with Crippen molar-refractivity contribution in [3.8, 4) is 11.4 Å². The van der Waals surface area contributed by atoms with Crippen molar-refractivity contribution in [3.63, 3.8) is 0 Å². The highest BCUT2D eigenvalue weighted by Gasteiger charge is 2.16. The zero-order chi connectivity index (χ0) is 19.6. The van der Waals surface area contributed by atoms with Crippen LogP contribution in [0.25, 0.3) is 27.9 Å². The van der Waals surface area contributed by atoms with Crippen LogP contribution in [-0.4, -0.2) is 41.2 Å². The number of thiazole rings is 1. The molecule has 142 valence electrons. The normalized spacial score (nSPS) is 11.2. The smallest absolute Gasteiger partial charge is 0.236 e. The van der Waals surface area contributed by atoms with Crippen LogP contribution in [0.1, 0.15) is 0 Å². The van der Waals surface area contributed by atoms with Crippen molar-refractivity contribution in [3.05, 3.63) is 60.4 Å². The van der Waals surface area contributed by atoms with Crippen LogP contribution in [0.3, 0.4) is 0 Å². The summed E-state index contributed by atoms with van der Waals surface area (Å²) < 4.78 is 1.69. The van der Waals surface area contributed by atoms with Gasteiger partial charge in [0.15, 0.2) is 21.8 Å². The number of benzene rings is 1. The molecule has 0 aliphatic heterocycles. The van der Waals surface area contributed by atoms with E-state index in [4.69, 9.17) is 9.97 Å². The van der Waals surface area contributed by atoms with Crippen LogP contribution in [-0.2, 0) is 4.79 Å². The van der Waals surface area contributed by atoms with Gasteiger partial charge in [0.25, 0.3) is 0 Å². The topological polar surface area (TPSA) is 98.0 Å². The van der Waals surface area contributed by atoms with Crippen LogP contribution in [0, 0.1) is 0 Å². The van der Waals surface area contributed by atoms with E-state index in [1.165, 1.54) is 23.1 Å². The Morgan fingerprint density at radius 1 is 1.10 bits per heavy atom. The number of hydrogen-bond acceptors (Lipinski definition) is 8. The average molecular weight is 419 g/mol. The maximum Gasteiger partial charge on any atom is 0.236 e. The summed E-state index contributed by atoms with van der Waals surface area (Å²) in [6.45, 7) is 0. The van der Waals surface area contributed by atoms with Crippen LogP contribution < -0.4 is 5.32 Å². The molecule has 4 heterocycles. The van der Waals surface area contributed by atoms with Gasteiger partial charge >= 0.3 is 0 Å². The lowest BCUT2D eigenvalue weighted by molar-refractivity contribution is -0.113. The molecular formula is C19H13N7OS2. The Bertz CT molecular complexity index is 1300. The average Bonchev–Trinajstić information content (AvgIpc) is 3.43. The molecule has 0 saturated carbocycles. The van der Waals surface area contributed by atoms with Gasteiger partial charge < -0.3 is 5.32 Å². The number of nitrogens with zero attached hydrogens (tertiary/aromatic N) is 6. The van der Waals surface area contributed by atoms with Crippen molar-refractivity contribution in [2.75, 3.05) is 11.1 Å². The monoisotopic (exact) mass is 419 g/mol. The predicted octanol–water partition coefficient (Wildman–Crippen LogP) is 3.53. The largest absolute Gasteiger partial charge is 0.301 e. The van der Waals surface area contributed by atoms with Crippen LogP contribution in [0.15, 0.2) is 65.5 Å². The van der Waals surface area contributed by atoms with Gasteiger partial charge in [0.05, 0.1) is 11.3 Å². The second kappa shape index (κ2) is 7.57. The lowest BCUT2D eigenvalue weighted by atomic mass is 10.2. The standard InChI is InChI=1S/C19H13N7OS2/c27-15(23-18-21-9-10-28-18)11-29-19-22-14-4-2-1-3-13(14)17-24-16(25-26(17)19)12-5-7-20-8-6-12/h1-10H,11H2,(H,21,23,27). The Balaban J connectivity index is 1.53. The number of hydrogen-bond donors (Lipinski definition) is 1. The van der Waals surface area contributed by atoms with E-state index < -0.39 is 0 Å². The molecule has 0 bridgehead atoms. The van der Waals surface area contributed by atoms with Crippen molar-refractivity contribution < 1.29 is 4.79 Å². The maximum atomic E-state index is 12.3. The van der Waals surface area contributed by atoms with E-state index in [2.05, 4.69) is 20.4 Å². The number of aromatic nitrogens is 6. The van der Waals surface area contributed by atoms with Crippen molar-refractivity contribution >= 4 is 50.7 Å². The number of carbonyl (C=O) groups is 1. The van der Waals surface area contributed by atoms with E-state index in [-0.39, 0.29) is 11.7 Å². The molecule has 0 unspecified atom stereocenters. The highest BCUT2D eigenvalue weighted by molar-refractivity contribution is 7.99. The quantitative estimate of drug-likeness (QED) is 0.344.